The first-order valence-electron chi connectivity index (χ1n) is 6.39. The Morgan fingerprint density at radius 1 is 1.29 bits per heavy atom. The number of rotatable bonds is 4. The van der Waals surface area contributed by atoms with Gasteiger partial charge in [0, 0.05) is 22.8 Å². The van der Waals surface area contributed by atoms with E-state index < -0.39 is 0 Å². The lowest BCUT2D eigenvalue weighted by Crippen LogP contribution is -2.21. The minimum absolute atomic E-state index is 0.162. The average molecular weight is 254 g/mol. The second kappa shape index (κ2) is 5.49. The lowest BCUT2D eigenvalue weighted by molar-refractivity contribution is 0.482. The maximum absolute atomic E-state index is 4.76. The molecule has 1 aromatic rings. The molecule has 1 aromatic heterocycles. The zero-order chi connectivity index (χ0) is 13.2. The maximum Gasteiger partial charge on any atom is 0.0984 e. The molecule has 3 heteroatoms. The number of aromatic nitrogens is 1. The first-order chi connectivity index (χ1) is 7.77. The summed E-state index contributed by atoms with van der Waals surface area (Å²) in [4.78, 5) is 6.22. The molecule has 98 valence electrons. The molecule has 0 amide bonds. The van der Waals surface area contributed by atoms with E-state index in [4.69, 9.17) is 4.98 Å². The van der Waals surface area contributed by atoms with Gasteiger partial charge >= 0.3 is 0 Å². The summed E-state index contributed by atoms with van der Waals surface area (Å²) in [5.41, 5.74) is 1.38. The zero-order valence-corrected chi connectivity index (χ0v) is 13.0. The third-order valence-electron chi connectivity index (χ3n) is 3.04. The van der Waals surface area contributed by atoms with Crippen LogP contribution in [-0.4, -0.2) is 18.6 Å². The van der Waals surface area contributed by atoms with E-state index in [9.17, 15) is 0 Å². The summed E-state index contributed by atoms with van der Waals surface area (Å²) < 4.78 is 0. The second-order valence-corrected chi connectivity index (χ2v) is 7.16. The van der Waals surface area contributed by atoms with Crippen molar-refractivity contribution < 1.29 is 0 Å². The normalized spacial score (nSPS) is 14.4. The van der Waals surface area contributed by atoms with Gasteiger partial charge < -0.3 is 5.32 Å². The highest BCUT2D eigenvalue weighted by atomic mass is 32.1. The molecular weight excluding hydrogens is 228 g/mol. The van der Waals surface area contributed by atoms with E-state index >= 15 is 0 Å². The van der Waals surface area contributed by atoms with Crippen LogP contribution in [0.25, 0.3) is 0 Å². The third kappa shape index (κ3) is 3.52. The largest absolute Gasteiger partial charge is 0.319 e. The summed E-state index contributed by atoms with van der Waals surface area (Å²) in [5.74, 6) is 1.23. The molecule has 0 aliphatic carbocycles. The first kappa shape index (κ1) is 14.7. The van der Waals surface area contributed by atoms with Gasteiger partial charge in [0.2, 0.25) is 0 Å². The molecule has 17 heavy (non-hydrogen) atoms. The molecule has 2 nitrogen and oxygen atoms in total. The Balaban J connectivity index is 3.08. The van der Waals surface area contributed by atoms with Gasteiger partial charge in [0.25, 0.3) is 0 Å². The van der Waals surface area contributed by atoms with Crippen molar-refractivity contribution in [2.45, 2.75) is 52.9 Å². The van der Waals surface area contributed by atoms with Crippen LogP contribution < -0.4 is 5.32 Å². The molecule has 1 rings (SSSR count). The smallest absolute Gasteiger partial charge is 0.0984 e. The minimum Gasteiger partial charge on any atom is -0.319 e. The lowest BCUT2D eigenvalue weighted by Gasteiger charge is -2.19. The molecule has 0 aromatic carbocycles. The van der Waals surface area contributed by atoms with Crippen molar-refractivity contribution in [3.8, 4) is 0 Å². The molecule has 0 aliphatic rings. The van der Waals surface area contributed by atoms with Gasteiger partial charge in [0.1, 0.15) is 0 Å². The Kier molecular flexibility index (Phi) is 4.73. The van der Waals surface area contributed by atoms with Crippen molar-refractivity contribution >= 4 is 11.3 Å². The maximum atomic E-state index is 4.76. The van der Waals surface area contributed by atoms with Gasteiger partial charge in [-0.25, -0.2) is 4.98 Å². The lowest BCUT2D eigenvalue weighted by atomic mass is 9.93. The predicted octanol–water partition coefficient (Wildman–Crippen LogP) is 3.71. The SMILES string of the molecule is CNCC(c1sc(C(C)(C)C)nc1C)C(C)C. The van der Waals surface area contributed by atoms with E-state index in [1.165, 1.54) is 15.6 Å². The number of nitrogens with zero attached hydrogens (tertiary/aromatic N) is 1. The van der Waals surface area contributed by atoms with Crippen molar-refractivity contribution in [2.24, 2.45) is 5.92 Å². The van der Waals surface area contributed by atoms with E-state index in [0.717, 1.165) is 6.54 Å². The molecule has 0 bridgehead atoms. The van der Waals surface area contributed by atoms with Crippen LogP contribution in [0.4, 0.5) is 0 Å². The Morgan fingerprint density at radius 3 is 2.24 bits per heavy atom. The summed E-state index contributed by atoms with van der Waals surface area (Å²) in [6.07, 6.45) is 0. The van der Waals surface area contributed by atoms with E-state index in [2.05, 4.69) is 46.9 Å². The Hall–Kier alpha value is -0.410. The van der Waals surface area contributed by atoms with Crippen molar-refractivity contribution in [3.05, 3.63) is 15.6 Å². The predicted molar refractivity (Wildman–Crippen MR) is 77.1 cm³/mol. The molecule has 1 unspecified atom stereocenters. The zero-order valence-electron chi connectivity index (χ0n) is 12.2. The van der Waals surface area contributed by atoms with E-state index in [-0.39, 0.29) is 5.41 Å². The monoisotopic (exact) mass is 254 g/mol. The van der Waals surface area contributed by atoms with Gasteiger partial charge in [-0.1, -0.05) is 34.6 Å². The fraction of sp³-hybridized carbons (Fsp3) is 0.786. The third-order valence-corrected chi connectivity index (χ3v) is 4.75. The van der Waals surface area contributed by atoms with Crippen LogP contribution in [0, 0.1) is 12.8 Å². The van der Waals surface area contributed by atoms with Crippen molar-refractivity contribution in [3.63, 3.8) is 0 Å². The van der Waals surface area contributed by atoms with Crippen LogP contribution in [0.3, 0.4) is 0 Å². The van der Waals surface area contributed by atoms with E-state index in [1.807, 2.05) is 18.4 Å². The van der Waals surface area contributed by atoms with E-state index in [0.29, 0.717) is 11.8 Å². The Bertz CT molecular complexity index is 361. The van der Waals surface area contributed by atoms with Crippen LogP contribution >= 0.6 is 11.3 Å². The second-order valence-electron chi connectivity index (χ2n) is 6.13. The Morgan fingerprint density at radius 2 is 1.88 bits per heavy atom. The quantitative estimate of drug-likeness (QED) is 0.886. The van der Waals surface area contributed by atoms with Crippen molar-refractivity contribution in [1.29, 1.82) is 0 Å². The fourth-order valence-electron chi connectivity index (χ4n) is 1.92. The van der Waals surface area contributed by atoms with Crippen molar-refractivity contribution in [1.82, 2.24) is 10.3 Å². The number of hydrogen-bond acceptors (Lipinski definition) is 3. The summed E-state index contributed by atoms with van der Waals surface area (Å²) in [7, 11) is 2.02. The highest BCUT2D eigenvalue weighted by Crippen LogP contribution is 2.36. The number of thiazole rings is 1. The van der Waals surface area contributed by atoms with Crippen LogP contribution in [0.15, 0.2) is 0 Å². The number of aryl methyl sites for hydroxylation is 1. The topological polar surface area (TPSA) is 24.9 Å². The number of nitrogens with one attached hydrogen (secondary N) is 1. The Labute approximate surface area is 110 Å². The molecule has 0 saturated heterocycles. The summed E-state index contributed by atoms with van der Waals surface area (Å²) >= 11 is 1.89. The fourth-order valence-corrected chi connectivity index (χ4v) is 3.32. The van der Waals surface area contributed by atoms with Gasteiger partial charge in [-0.05, 0) is 19.9 Å². The first-order valence-corrected chi connectivity index (χ1v) is 7.21. The molecule has 1 atom stereocenters. The van der Waals surface area contributed by atoms with Gasteiger partial charge in [0.15, 0.2) is 0 Å². The molecule has 0 radical (unpaired) electrons. The van der Waals surface area contributed by atoms with E-state index in [1.54, 1.807) is 0 Å². The van der Waals surface area contributed by atoms with Gasteiger partial charge in [-0.2, -0.15) is 0 Å². The van der Waals surface area contributed by atoms with Crippen molar-refractivity contribution in [2.75, 3.05) is 13.6 Å². The molecule has 1 N–H and O–H groups in total. The summed E-state index contributed by atoms with van der Waals surface area (Å²) in [6, 6.07) is 0. The molecule has 1 heterocycles. The van der Waals surface area contributed by atoms with Gasteiger partial charge in [0.05, 0.1) is 10.7 Å². The number of hydrogen-bond donors (Lipinski definition) is 1. The minimum atomic E-state index is 0.162. The number of likely N-dealkylation sites (N-methyl/N-ethyl adjacent to an activating group) is 1. The summed E-state index contributed by atoms with van der Waals surface area (Å²) in [5, 5.41) is 4.56. The molecule has 0 saturated carbocycles. The molecule has 0 fully saturated rings. The molecular formula is C14H26N2S. The van der Waals surface area contributed by atoms with Crippen LogP contribution in [0.5, 0.6) is 0 Å². The molecule has 0 aliphatic heterocycles. The van der Waals surface area contributed by atoms with Crippen LogP contribution in [0.2, 0.25) is 0 Å². The standard InChI is InChI=1S/C14H26N2S/c1-9(2)11(8-15-7)12-10(3)16-13(17-12)14(4,5)6/h9,11,15H,8H2,1-7H3. The highest BCUT2D eigenvalue weighted by Gasteiger charge is 2.25. The van der Waals surface area contributed by atoms with Crippen LogP contribution in [-0.2, 0) is 5.41 Å². The average Bonchev–Trinajstić information content (AvgIpc) is 2.55. The highest BCUT2D eigenvalue weighted by molar-refractivity contribution is 7.12. The van der Waals surface area contributed by atoms with Gasteiger partial charge in [-0.15, -0.1) is 11.3 Å². The summed E-state index contributed by atoms with van der Waals surface area (Å²) in [6.45, 7) is 14.5. The van der Waals surface area contributed by atoms with Crippen LogP contribution in [0.1, 0.15) is 56.1 Å². The van der Waals surface area contributed by atoms with Gasteiger partial charge in [-0.3, -0.25) is 0 Å². The molecule has 0 spiro atoms.